The molecule has 0 fully saturated rings. The average molecular weight is 334 g/mol. The van der Waals surface area contributed by atoms with Crippen LogP contribution in [-0.4, -0.2) is 60.9 Å². The van der Waals surface area contributed by atoms with Crippen LogP contribution in [0.5, 0.6) is 0 Å². The second kappa shape index (κ2) is 9.29. The molecule has 0 heterocycles. The van der Waals surface area contributed by atoms with E-state index in [0.717, 1.165) is 10.5 Å². The first-order chi connectivity index (χ1) is 11.3. The van der Waals surface area contributed by atoms with E-state index in [1.165, 1.54) is 13.1 Å². The van der Waals surface area contributed by atoms with Gasteiger partial charge in [-0.2, -0.15) is 0 Å². The second-order valence-corrected chi connectivity index (χ2v) is 5.24. The van der Waals surface area contributed by atoms with Crippen LogP contribution in [0, 0.1) is 0 Å². The van der Waals surface area contributed by atoms with Gasteiger partial charge >= 0.3 is 12.1 Å². The van der Waals surface area contributed by atoms with Crippen molar-refractivity contribution >= 4 is 17.7 Å². The van der Waals surface area contributed by atoms with Gasteiger partial charge in [-0.25, -0.2) is 9.59 Å². The van der Waals surface area contributed by atoms with E-state index in [4.69, 9.17) is 4.74 Å². The lowest BCUT2D eigenvalue weighted by atomic mass is 10.0. The molecule has 0 aliphatic heterocycles. The Balaban J connectivity index is 2.79. The van der Waals surface area contributed by atoms with Gasteiger partial charge in [0, 0.05) is 27.6 Å². The van der Waals surface area contributed by atoms with E-state index < -0.39 is 18.1 Å². The molecule has 1 aromatic carbocycles. The van der Waals surface area contributed by atoms with Crippen LogP contribution in [0.2, 0.25) is 0 Å². The number of aliphatic carboxylic acids is 1. The van der Waals surface area contributed by atoms with Crippen molar-refractivity contribution in [3.8, 4) is 0 Å². The predicted octanol–water partition coefficient (Wildman–Crippen LogP) is 2.50. The maximum Gasteiger partial charge on any atom is 0.410 e. The van der Waals surface area contributed by atoms with E-state index in [9.17, 15) is 14.7 Å². The van der Waals surface area contributed by atoms with Crippen LogP contribution in [0.4, 0.5) is 10.5 Å². The van der Waals surface area contributed by atoms with Gasteiger partial charge in [0.05, 0.1) is 5.69 Å². The summed E-state index contributed by atoms with van der Waals surface area (Å²) in [5.74, 6) is -1.11. The summed E-state index contributed by atoms with van der Waals surface area (Å²) in [4.78, 5) is 24.3. The molecule has 1 N–H and O–H groups in total. The highest BCUT2D eigenvalue weighted by Gasteiger charge is 2.27. The van der Waals surface area contributed by atoms with Gasteiger partial charge in [0.15, 0.2) is 0 Å². The van der Waals surface area contributed by atoms with E-state index in [0.29, 0.717) is 5.69 Å². The zero-order valence-electron chi connectivity index (χ0n) is 14.0. The van der Waals surface area contributed by atoms with Gasteiger partial charge in [-0.15, -0.1) is 5.11 Å². The number of ether oxygens (including phenoxy) is 1. The van der Waals surface area contributed by atoms with Gasteiger partial charge in [0.1, 0.15) is 12.6 Å². The third-order valence-electron chi connectivity index (χ3n) is 3.07. The van der Waals surface area contributed by atoms with Gasteiger partial charge in [-0.3, -0.25) is 9.91 Å². The lowest BCUT2D eigenvalue weighted by Gasteiger charge is -2.24. The molecule has 0 saturated carbocycles. The van der Waals surface area contributed by atoms with Gasteiger partial charge in [-0.1, -0.05) is 30.0 Å². The van der Waals surface area contributed by atoms with Crippen LogP contribution in [0.15, 0.2) is 47.3 Å². The fraction of sp³-hybridized carbons (Fsp3) is 0.375. The Kier molecular flexibility index (Phi) is 7.41. The molecule has 0 aliphatic carbocycles. The SMILES string of the molecule is C=CCOC(=O)N(C)[C@@H](Cc1ccc(/N=N/N(C)C)cc1)C(=O)O. The van der Waals surface area contributed by atoms with E-state index in [1.807, 2.05) is 0 Å². The predicted molar refractivity (Wildman–Crippen MR) is 89.1 cm³/mol. The van der Waals surface area contributed by atoms with Crippen molar-refractivity contribution in [2.45, 2.75) is 12.5 Å². The number of carbonyl (C=O) groups excluding carboxylic acids is 1. The van der Waals surface area contributed by atoms with Crippen LogP contribution in [0.1, 0.15) is 5.56 Å². The van der Waals surface area contributed by atoms with Crippen molar-refractivity contribution in [3.63, 3.8) is 0 Å². The topological polar surface area (TPSA) is 94.8 Å². The molecule has 0 saturated heterocycles. The normalized spacial score (nSPS) is 11.8. The van der Waals surface area contributed by atoms with Gasteiger partial charge in [-0.05, 0) is 17.7 Å². The molecular formula is C16H22N4O4. The van der Waals surface area contributed by atoms with Crippen LogP contribution in [0.3, 0.4) is 0 Å². The molecule has 8 heteroatoms. The molecule has 0 radical (unpaired) electrons. The van der Waals surface area contributed by atoms with E-state index >= 15 is 0 Å². The van der Waals surface area contributed by atoms with Crippen molar-refractivity contribution in [2.24, 2.45) is 10.3 Å². The monoisotopic (exact) mass is 334 g/mol. The molecule has 0 unspecified atom stereocenters. The van der Waals surface area contributed by atoms with Crippen LogP contribution in [-0.2, 0) is 16.0 Å². The van der Waals surface area contributed by atoms with Gasteiger partial charge in [0.25, 0.3) is 0 Å². The minimum absolute atomic E-state index is 0.0289. The number of rotatable bonds is 8. The van der Waals surface area contributed by atoms with Crippen LogP contribution < -0.4 is 0 Å². The summed E-state index contributed by atoms with van der Waals surface area (Å²) in [6, 6.07) is 5.94. The molecule has 130 valence electrons. The number of benzene rings is 1. The summed E-state index contributed by atoms with van der Waals surface area (Å²) in [6.07, 6.45) is 0.863. The van der Waals surface area contributed by atoms with Crippen LogP contribution >= 0.6 is 0 Å². The van der Waals surface area contributed by atoms with E-state index in [-0.39, 0.29) is 13.0 Å². The Bertz CT molecular complexity index is 599. The van der Waals surface area contributed by atoms with E-state index in [1.54, 1.807) is 43.4 Å². The maximum atomic E-state index is 11.8. The first-order valence-corrected chi connectivity index (χ1v) is 7.26. The number of carboxylic acids is 1. The smallest absolute Gasteiger partial charge is 0.410 e. The maximum absolute atomic E-state index is 11.8. The summed E-state index contributed by atoms with van der Waals surface area (Å²) in [5, 5.41) is 18.8. The lowest BCUT2D eigenvalue weighted by molar-refractivity contribution is -0.142. The van der Waals surface area contributed by atoms with Crippen molar-refractivity contribution in [2.75, 3.05) is 27.7 Å². The van der Waals surface area contributed by atoms with E-state index in [2.05, 4.69) is 16.9 Å². The van der Waals surface area contributed by atoms with Gasteiger partial charge in [0.2, 0.25) is 0 Å². The number of hydrogen-bond donors (Lipinski definition) is 1. The quantitative estimate of drug-likeness (QED) is 0.448. The third-order valence-corrected chi connectivity index (χ3v) is 3.07. The molecule has 8 nitrogen and oxygen atoms in total. The van der Waals surface area contributed by atoms with Gasteiger partial charge < -0.3 is 9.84 Å². The van der Waals surface area contributed by atoms with Crippen molar-refractivity contribution in [3.05, 3.63) is 42.5 Å². The molecule has 1 aromatic rings. The first kappa shape index (κ1) is 19.1. The number of carbonyl (C=O) groups is 2. The van der Waals surface area contributed by atoms with Crippen molar-refractivity contribution < 1.29 is 19.4 Å². The third kappa shape index (κ3) is 6.07. The minimum Gasteiger partial charge on any atom is -0.480 e. The molecule has 24 heavy (non-hydrogen) atoms. The minimum atomic E-state index is -1.11. The van der Waals surface area contributed by atoms with Crippen LogP contribution in [0.25, 0.3) is 0 Å². The fourth-order valence-electron chi connectivity index (χ4n) is 1.81. The highest BCUT2D eigenvalue weighted by atomic mass is 16.6. The molecule has 0 bridgehead atoms. The number of likely N-dealkylation sites (N-methyl/N-ethyl adjacent to an activating group) is 1. The Hall–Kier alpha value is -2.90. The Morgan fingerprint density at radius 1 is 1.29 bits per heavy atom. The Morgan fingerprint density at radius 3 is 2.42 bits per heavy atom. The molecule has 0 spiro atoms. The summed E-state index contributed by atoms with van der Waals surface area (Å²) in [5.41, 5.74) is 1.41. The molecule has 1 atom stereocenters. The molecule has 0 aromatic heterocycles. The van der Waals surface area contributed by atoms with Crippen molar-refractivity contribution in [1.82, 2.24) is 9.91 Å². The molecule has 0 aliphatic rings. The number of carboxylic acid groups (broad SMARTS) is 1. The standard InChI is InChI=1S/C16H22N4O4/c1-5-10-24-16(23)20(4)14(15(21)22)11-12-6-8-13(9-7-12)17-18-19(2)3/h5-9,14H,1,10-11H2,2-4H3,(H,21,22)/b18-17+/t14-/m0/s1. The highest BCUT2D eigenvalue weighted by molar-refractivity contribution is 5.80. The Morgan fingerprint density at radius 2 is 1.92 bits per heavy atom. The largest absolute Gasteiger partial charge is 0.480 e. The number of amides is 1. The summed E-state index contributed by atoms with van der Waals surface area (Å²) in [6.45, 7) is 3.47. The highest BCUT2D eigenvalue weighted by Crippen LogP contribution is 2.16. The first-order valence-electron chi connectivity index (χ1n) is 7.26. The number of hydrogen-bond acceptors (Lipinski definition) is 5. The zero-order valence-corrected chi connectivity index (χ0v) is 14.0. The fourth-order valence-corrected chi connectivity index (χ4v) is 1.81. The lowest BCUT2D eigenvalue weighted by Crippen LogP contribution is -2.44. The number of nitrogens with zero attached hydrogens (tertiary/aromatic N) is 4. The zero-order chi connectivity index (χ0) is 18.1. The van der Waals surface area contributed by atoms with Crippen molar-refractivity contribution in [1.29, 1.82) is 0 Å². The summed E-state index contributed by atoms with van der Waals surface area (Å²) < 4.78 is 4.87. The molecule has 1 rings (SSSR count). The second-order valence-electron chi connectivity index (χ2n) is 5.24. The molecular weight excluding hydrogens is 312 g/mol. The molecule has 1 amide bonds. The Labute approximate surface area is 141 Å². The summed E-state index contributed by atoms with van der Waals surface area (Å²) >= 11 is 0. The average Bonchev–Trinajstić information content (AvgIpc) is 2.55. The summed E-state index contributed by atoms with van der Waals surface area (Å²) in [7, 11) is 4.91.